The number of hydrogen-bond donors (Lipinski definition) is 2. The second kappa shape index (κ2) is 7.90. The van der Waals surface area contributed by atoms with Gasteiger partial charge in [-0.2, -0.15) is 18.3 Å². The lowest BCUT2D eigenvalue weighted by atomic mass is 10.0. The molecule has 0 saturated carbocycles. The summed E-state index contributed by atoms with van der Waals surface area (Å²) in [5, 5.41) is 7.39. The van der Waals surface area contributed by atoms with Gasteiger partial charge in [-0.1, -0.05) is 13.8 Å². The number of aromatic nitrogens is 3. The summed E-state index contributed by atoms with van der Waals surface area (Å²) in [6.07, 6.45) is -3.91. The number of carbonyl (C=O) groups excluding carboxylic acids is 1. The molecule has 1 unspecified atom stereocenters. The van der Waals surface area contributed by atoms with Crippen molar-refractivity contribution in [3.05, 3.63) is 33.4 Å². The Labute approximate surface area is 147 Å². The summed E-state index contributed by atoms with van der Waals surface area (Å²) >= 11 is 0. The number of alkyl halides is 3. The van der Waals surface area contributed by atoms with Gasteiger partial charge in [0.1, 0.15) is 5.56 Å². The van der Waals surface area contributed by atoms with Crippen LogP contribution in [0.25, 0.3) is 5.65 Å². The maximum atomic E-state index is 12.3. The van der Waals surface area contributed by atoms with Gasteiger partial charge in [-0.3, -0.25) is 4.79 Å². The Morgan fingerprint density at radius 3 is 2.77 bits per heavy atom. The largest absolute Gasteiger partial charge is 0.452 e. The van der Waals surface area contributed by atoms with Gasteiger partial charge in [-0.05, 0) is 32.4 Å². The highest BCUT2D eigenvalue weighted by atomic mass is 19.4. The third-order valence-electron chi connectivity index (χ3n) is 3.91. The summed E-state index contributed by atoms with van der Waals surface area (Å²) < 4.78 is 42.6. The Balaban J connectivity index is 2.41. The van der Waals surface area contributed by atoms with Crippen LogP contribution in [0.3, 0.4) is 0 Å². The van der Waals surface area contributed by atoms with E-state index in [-0.39, 0.29) is 22.8 Å². The zero-order valence-corrected chi connectivity index (χ0v) is 14.7. The molecule has 0 aromatic carbocycles. The van der Waals surface area contributed by atoms with Crippen molar-refractivity contribution < 1.29 is 22.7 Å². The van der Waals surface area contributed by atoms with E-state index in [1.54, 1.807) is 0 Å². The van der Waals surface area contributed by atoms with E-state index in [1.165, 1.54) is 17.5 Å². The Morgan fingerprint density at radius 1 is 1.46 bits per heavy atom. The summed E-state index contributed by atoms with van der Waals surface area (Å²) in [6, 6.07) is 1.38. The third-order valence-corrected chi connectivity index (χ3v) is 3.91. The number of aromatic amines is 1. The van der Waals surface area contributed by atoms with Crippen LogP contribution in [0.15, 0.2) is 10.9 Å². The molecule has 0 aliphatic heterocycles. The summed E-state index contributed by atoms with van der Waals surface area (Å²) in [5.41, 5.74) is 0.144. The van der Waals surface area contributed by atoms with Crippen LogP contribution in [0.4, 0.5) is 13.2 Å². The Bertz CT molecular complexity index is 842. The normalized spacial score (nSPS) is 13.2. The molecule has 2 heterocycles. The molecule has 0 bridgehead atoms. The van der Waals surface area contributed by atoms with Gasteiger partial charge in [0.05, 0.1) is 11.4 Å². The quantitative estimate of drug-likeness (QED) is 0.573. The van der Waals surface area contributed by atoms with Crippen molar-refractivity contribution >= 4 is 11.6 Å². The van der Waals surface area contributed by atoms with Gasteiger partial charge in [0, 0.05) is 6.07 Å². The van der Waals surface area contributed by atoms with E-state index in [4.69, 9.17) is 0 Å². The highest BCUT2D eigenvalue weighted by Crippen LogP contribution is 2.22. The fourth-order valence-corrected chi connectivity index (χ4v) is 2.64. The number of halogens is 3. The molecule has 7 nitrogen and oxygen atoms in total. The number of H-pyrrole nitrogens is 1. The molecule has 0 aliphatic carbocycles. The molecule has 0 spiro atoms. The molecule has 26 heavy (non-hydrogen) atoms. The molecule has 2 N–H and O–H groups in total. The van der Waals surface area contributed by atoms with E-state index in [9.17, 15) is 22.8 Å². The van der Waals surface area contributed by atoms with E-state index < -0.39 is 24.3 Å². The maximum Gasteiger partial charge on any atom is 0.422 e. The van der Waals surface area contributed by atoms with Crippen LogP contribution in [0.5, 0.6) is 0 Å². The lowest BCUT2D eigenvalue weighted by Crippen LogP contribution is -2.21. The van der Waals surface area contributed by atoms with Crippen LogP contribution in [0, 0.1) is 6.92 Å². The fraction of sp³-hybridized carbons (Fsp3) is 0.562. The molecular weight excluding hydrogens is 353 g/mol. The van der Waals surface area contributed by atoms with Crippen LogP contribution in [-0.4, -0.2) is 46.4 Å². The Kier molecular flexibility index (Phi) is 6.06. The Morgan fingerprint density at radius 2 is 2.15 bits per heavy atom. The van der Waals surface area contributed by atoms with E-state index in [0.29, 0.717) is 5.69 Å². The molecule has 144 valence electrons. The van der Waals surface area contributed by atoms with Gasteiger partial charge in [0.2, 0.25) is 0 Å². The van der Waals surface area contributed by atoms with Crippen molar-refractivity contribution in [2.24, 2.45) is 0 Å². The second-order valence-corrected chi connectivity index (χ2v) is 6.01. The van der Waals surface area contributed by atoms with Crippen molar-refractivity contribution in [1.82, 2.24) is 19.9 Å². The molecule has 2 aromatic heterocycles. The number of fused-ring (bicyclic) bond motifs is 1. The first-order valence-corrected chi connectivity index (χ1v) is 8.21. The molecule has 0 radical (unpaired) electrons. The van der Waals surface area contributed by atoms with Crippen LogP contribution in [0.2, 0.25) is 0 Å². The van der Waals surface area contributed by atoms with Gasteiger partial charge in [0.15, 0.2) is 12.3 Å². The molecule has 1 atom stereocenters. The highest BCUT2D eigenvalue weighted by Gasteiger charge is 2.31. The summed E-state index contributed by atoms with van der Waals surface area (Å²) in [5.74, 6) is -1.24. The van der Waals surface area contributed by atoms with Crippen LogP contribution < -0.4 is 10.9 Å². The van der Waals surface area contributed by atoms with E-state index >= 15 is 0 Å². The molecule has 0 amide bonds. The summed E-state index contributed by atoms with van der Waals surface area (Å²) in [4.78, 5) is 26.5. The standard InChI is InChI=1S/C16H21F3N4O3/c1-4-20-6-5-9(2)11-7-12(24)21-14-13(10(3)22-23(11)14)15(25)26-8-16(17,18)19/h7,9,20H,4-6,8H2,1-3H3,(H,21,24). The van der Waals surface area contributed by atoms with E-state index in [0.717, 1.165) is 19.5 Å². The smallest absolute Gasteiger partial charge is 0.422 e. The number of esters is 1. The zero-order chi connectivity index (χ0) is 19.5. The van der Waals surface area contributed by atoms with Crippen molar-refractivity contribution in [1.29, 1.82) is 0 Å². The van der Waals surface area contributed by atoms with Gasteiger partial charge in [-0.15, -0.1) is 0 Å². The zero-order valence-electron chi connectivity index (χ0n) is 14.7. The number of nitrogens with one attached hydrogen (secondary N) is 2. The number of nitrogens with zero attached hydrogens (tertiary/aromatic N) is 2. The van der Waals surface area contributed by atoms with Crippen LogP contribution in [-0.2, 0) is 4.74 Å². The topological polar surface area (TPSA) is 88.5 Å². The third kappa shape index (κ3) is 4.63. The fourth-order valence-electron chi connectivity index (χ4n) is 2.64. The molecule has 2 aromatic rings. The predicted molar refractivity (Wildman–Crippen MR) is 88.5 cm³/mol. The molecule has 10 heteroatoms. The lowest BCUT2D eigenvalue weighted by Gasteiger charge is -2.13. The van der Waals surface area contributed by atoms with Crippen molar-refractivity contribution in [3.8, 4) is 0 Å². The minimum Gasteiger partial charge on any atom is -0.452 e. The second-order valence-electron chi connectivity index (χ2n) is 6.01. The molecule has 2 rings (SSSR count). The molecule has 0 fully saturated rings. The van der Waals surface area contributed by atoms with Crippen LogP contribution >= 0.6 is 0 Å². The average Bonchev–Trinajstić information content (AvgIpc) is 2.87. The monoisotopic (exact) mass is 374 g/mol. The van der Waals surface area contributed by atoms with Gasteiger partial charge in [0.25, 0.3) is 5.56 Å². The summed E-state index contributed by atoms with van der Waals surface area (Å²) in [6.45, 7) is 5.20. The Hall–Kier alpha value is -2.36. The van der Waals surface area contributed by atoms with Crippen LogP contribution in [0.1, 0.15) is 47.9 Å². The number of carbonyl (C=O) groups is 1. The molecular formula is C16H21F3N4O3. The van der Waals surface area contributed by atoms with Gasteiger partial charge >= 0.3 is 12.1 Å². The number of aryl methyl sites for hydroxylation is 1. The average molecular weight is 374 g/mol. The van der Waals surface area contributed by atoms with Crippen molar-refractivity contribution in [3.63, 3.8) is 0 Å². The first-order valence-electron chi connectivity index (χ1n) is 8.21. The molecule has 0 aliphatic rings. The lowest BCUT2D eigenvalue weighted by molar-refractivity contribution is -0.161. The highest BCUT2D eigenvalue weighted by molar-refractivity contribution is 5.97. The first kappa shape index (κ1) is 20.0. The SMILES string of the molecule is CCNCCC(C)c1cc(=O)[nH]c2c(C(=O)OCC(F)(F)F)c(C)nn12. The van der Waals surface area contributed by atoms with Crippen molar-refractivity contribution in [2.75, 3.05) is 19.7 Å². The van der Waals surface area contributed by atoms with E-state index in [2.05, 4.69) is 20.1 Å². The minimum atomic E-state index is -4.63. The number of rotatable bonds is 7. The number of ether oxygens (including phenoxy) is 1. The van der Waals surface area contributed by atoms with Gasteiger partial charge < -0.3 is 15.0 Å². The summed E-state index contributed by atoms with van der Waals surface area (Å²) in [7, 11) is 0. The number of hydrogen-bond acceptors (Lipinski definition) is 5. The maximum absolute atomic E-state index is 12.3. The van der Waals surface area contributed by atoms with Crippen molar-refractivity contribution in [2.45, 2.75) is 39.3 Å². The minimum absolute atomic E-state index is 0.0347. The molecule has 0 saturated heterocycles. The van der Waals surface area contributed by atoms with Gasteiger partial charge in [-0.25, -0.2) is 9.31 Å². The van der Waals surface area contributed by atoms with E-state index in [1.807, 2.05) is 13.8 Å². The first-order chi connectivity index (χ1) is 12.1. The predicted octanol–water partition coefficient (Wildman–Crippen LogP) is 2.15.